The summed E-state index contributed by atoms with van der Waals surface area (Å²) in [6, 6.07) is 7.98. The molecule has 1 N–H and O–H groups in total. The van der Waals surface area contributed by atoms with E-state index in [1.165, 1.54) is 6.42 Å². The smallest absolute Gasteiger partial charge is 0.120 e. The van der Waals surface area contributed by atoms with Crippen LogP contribution in [-0.2, 0) is 0 Å². The van der Waals surface area contributed by atoms with E-state index in [1.807, 2.05) is 24.3 Å². The van der Waals surface area contributed by atoms with E-state index in [0.29, 0.717) is 12.6 Å². The summed E-state index contributed by atoms with van der Waals surface area (Å²) >= 11 is 5.93. The molecule has 0 amide bonds. The number of halogens is 1. The Morgan fingerprint density at radius 3 is 2.67 bits per heavy atom. The summed E-state index contributed by atoms with van der Waals surface area (Å²) in [5, 5.41) is 4.18. The van der Waals surface area contributed by atoms with Crippen LogP contribution in [0.2, 0.25) is 5.02 Å². The number of rotatable bonds is 8. The Balaban J connectivity index is 2.41. The van der Waals surface area contributed by atoms with Gasteiger partial charge in [0.1, 0.15) is 12.4 Å². The Kier molecular flexibility index (Phi) is 7.14. The van der Waals surface area contributed by atoms with Gasteiger partial charge in [-0.05, 0) is 43.5 Å². The van der Waals surface area contributed by atoms with Crippen molar-refractivity contribution < 1.29 is 4.74 Å². The zero-order valence-electron chi connectivity index (χ0n) is 11.6. The van der Waals surface area contributed by atoms with Crippen molar-refractivity contribution in [2.75, 3.05) is 13.2 Å². The second kappa shape index (κ2) is 8.39. The van der Waals surface area contributed by atoms with E-state index in [1.54, 1.807) is 0 Å². The lowest BCUT2D eigenvalue weighted by Crippen LogP contribution is -2.34. The van der Waals surface area contributed by atoms with Gasteiger partial charge in [-0.1, -0.05) is 38.4 Å². The molecule has 0 heterocycles. The van der Waals surface area contributed by atoms with Crippen LogP contribution in [0, 0.1) is 5.92 Å². The second-order valence-electron chi connectivity index (χ2n) is 4.99. The number of ether oxygens (including phenoxy) is 1. The highest BCUT2D eigenvalue weighted by Crippen LogP contribution is 2.17. The molecule has 0 aliphatic heterocycles. The first kappa shape index (κ1) is 15.3. The van der Waals surface area contributed by atoms with Gasteiger partial charge in [0.25, 0.3) is 0 Å². The highest BCUT2D eigenvalue weighted by atomic mass is 35.5. The minimum atomic E-state index is 0.413. The predicted octanol–water partition coefficient (Wildman–Crippen LogP) is 4.13. The molecule has 3 heteroatoms. The first-order chi connectivity index (χ1) is 8.61. The highest BCUT2D eigenvalue weighted by molar-refractivity contribution is 6.30. The van der Waals surface area contributed by atoms with E-state index in [9.17, 15) is 0 Å². The normalized spacial score (nSPS) is 12.7. The van der Waals surface area contributed by atoms with Crippen LogP contribution in [0.4, 0.5) is 0 Å². The molecule has 1 rings (SSSR count). The van der Waals surface area contributed by atoms with Gasteiger partial charge in [0.2, 0.25) is 0 Å². The predicted molar refractivity (Wildman–Crippen MR) is 78.5 cm³/mol. The third kappa shape index (κ3) is 6.27. The van der Waals surface area contributed by atoms with Gasteiger partial charge in [-0.15, -0.1) is 0 Å². The fourth-order valence-corrected chi connectivity index (χ4v) is 2.00. The molecule has 0 aromatic heterocycles. The molecule has 0 spiro atoms. The van der Waals surface area contributed by atoms with Crippen molar-refractivity contribution in [3.05, 3.63) is 29.3 Å². The van der Waals surface area contributed by atoms with Crippen LogP contribution >= 0.6 is 11.6 Å². The number of nitrogens with one attached hydrogen (secondary N) is 1. The molecule has 0 saturated carbocycles. The molecule has 1 unspecified atom stereocenters. The summed E-state index contributed by atoms with van der Waals surface area (Å²) in [4.78, 5) is 0. The highest BCUT2D eigenvalue weighted by Gasteiger charge is 2.09. The minimum absolute atomic E-state index is 0.413. The van der Waals surface area contributed by atoms with Gasteiger partial charge in [0, 0.05) is 11.1 Å². The molecule has 0 radical (unpaired) electrons. The Hall–Kier alpha value is -0.730. The van der Waals surface area contributed by atoms with Crippen molar-refractivity contribution in [2.45, 2.75) is 39.7 Å². The molecule has 0 saturated heterocycles. The molecule has 2 nitrogen and oxygen atoms in total. The maximum absolute atomic E-state index is 5.93. The largest absolute Gasteiger partial charge is 0.492 e. The number of hydrogen-bond acceptors (Lipinski definition) is 2. The molecule has 102 valence electrons. The SMILES string of the molecule is CCNC(CCC(C)C)COc1cccc(Cl)c1. The zero-order chi connectivity index (χ0) is 13.4. The molecule has 0 fully saturated rings. The Morgan fingerprint density at radius 2 is 2.06 bits per heavy atom. The minimum Gasteiger partial charge on any atom is -0.492 e. The number of benzene rings is 1. The summed E-state index contributed by atoms with van der Waals surface area (Å²) in [6.07, 6.45) is 2.36. The van der Waals surface area contributed by atoms with E-state index < -0.39 is 0 Å². The number of likely N-dealkylation sites (N-methyl/N-ethyl adjacent to an activating group) is 1. The van der Waals surface area contributed by atoms with E-state index >= 15 is 0 Å². The van der Waals surface area contributed by atoms with Crippen LogP contribution < -0.4 is 10.1 Å². The van der Waals surface area contributed by atoms with Gasteiger partial charge in [-0.2, -0.15) is 0 Å². The third-order valence-electron chi connectivity index (χ3n) is 2.83. The quantitative estimate of drug-likeness (QED) is 0.766. The Morgan fingerprint density at radius 1 is 1.28 bits per heavy atom. The van der Waals surface area contributed by atoms with Crippen LogP contribution in [0.5, 0.6) is 5.75 Å². The third-order valence-corrected chi connectivity index (χ3v) is 3.07. The summed E-state index contributed by atoms with van der Waals surface area (Å²) in [5.41, 5.74) is 0. The molecule has 0 aliphatic carbocycles. The molecular formula is C15H24ClNO. The van der Waals surface area contributed by atoms with E-state index in [-0.39, 0.29) is 0 Å². The number of hydrogen-bond donors (Lipinski definition) is 1. The topological polar surface area (TPSA) is 21.3 Å². The van der Waals surface area contributed by atoms with Gasteiger partial charge >= 0.3 is 0 Å². The van der Waals surface area contributed by atoms with Crippen molar-refractivity contribution >= 4 is 11.6 Å². The standard InChI is InChI=1S/C15H24ClNO/c1-4-17-14(9-8-12(2)3)11-18-15-7-5-6-13(16)10-15/h5-7,10,12,14,17H,4,8-9,11H2,1-3H3. The molecule has 18 heavy (non-hydrogen) atoms. The Bertz CT molecular complexity index is 341. The van der Waals surface area contributed by atoms with Crippen molar-refractivity contribution in [1.29, 1.82) is 0 Å². The average Bonchev–Trinajstić information content (AvgIpc) is 2.32. The summed E-state index contributed by atoms with van der Waals surface area (Å²) in [7, 11) is 0. The fraction of sp³-hybridized carbons (Fsp3) is 0.600. The van der Waals surface area contributed by atoms with Gasteiger partial charge in [-0.3, -0.25) is 0 Å². The van der Waals surface area contributed by atoms with Gasteiger partial charge in [0.05, 0.1) is 0 Å². The van der Waals surface area contributed by atoms with Crippen LogP contribution in [0.15, 0.2) is 24.3 Å². The van der Waals surface area contributed by atoms with Crippen LogP contribution in [0.1, 0.15) is 33.6 Å². The summed E-state index contributed by atoms with van der Waals surface area (Å²) in [6.45, 7) is 8.30. The molecule has 0 aliphatic rings. The summed E-state index contributed by atoms with van der Waals surface area (Å²) in [5.74, 6) is 1.58. The molecule has 1 atom stereocenters. The van der Waals surface area contributed by atoms with E-state index in [4.69, 9.17) is 16.3 Å². The average molecular weight is 270 g/mol. The lowest BCUT2D eigenvalue weighted by molar-refractivity contribution is 0.251. The lowest BCUT2D eigenvalue weighted by Gasteiger charge is -2.19. The first-order valence-corrected chi connectivity index (χ1v) is 7.11. The van der Waals surface area contributed by atoms with Crippen molar-refractivity contribution in [2.24, 2.45) is 5.92 Å². The van der Waals surface area contributed by atoms with Gasteiger partial charge in [-0.25, -0.2) is 0 Å². The second-order valence-corrected chi connectivity index (χ2v) is 5.43. The van der Waals surface area contributed by atoms with E-state index in [2.05, 4.69) is 26.1 Å². The maximum atomic E-state index is 5.93. The zero-order valence-corrected chi connectivity index (χ0v) is 12.3. The molecule has 1 aromatic rings. The van der Waals surface area contributed by atoms with Crippen LogP contribution in [0.3, 0.4) is 0 Å². The lowest BCUT2D eigenvalue weighted by atomic mass is 10.0. The monoisotopic (exact) mass is 269 g/mol. The molecule has 0 bridgehead atoms. The van der Waals surface area contributed by atoms with Crippen molar-refractivity contribution in [3.8, 4) is 5.75 Å². The molecule has 1 aromatic carbocycles. The van der Waals surface area contributed by atoms with Crippen LogP contribution in [-0.4, -0.2) is 19.2 Å². The molecular weight excluding hydrogens is 246 g/mol. The van der Waals surface area contributed by atoms with Crippen LogP contribution in [0.25, 0.3) is 0 Å². The first-order valence-electron chi connectivity index (χ1n) is 6.73. The van der Waals surface area contributed by atoms with Gasteiger partial charge < -0.3 is 10.1 Å². The fourth-order valence-electron chi connectivity index (χ4n) is 1.82. The van der Waals surface area contributed by atoms with Gasteiger partial charge in [0.15, 0.2) is 0 Å². The van der Waals surface area contributed by atoms with E-state index in [0.717, 1.165) is 29.7 Å². The van der Waals surface area contributed by atoms with Crippen molar-refractivity contribution in [3.63, 3.8) is 0 Å². The maximum Gasteiger partial charge on any atom is 0.120 e. The summed E-state index contributed by atoms with van der Waals surface area (Å²) < 4.78 is 5.79. The van der Waals surface area contributed by atoms with Crippen molar-refractivity contribution in [1.82, 2.24) is 5.32 Å². The Labute approximate surface area is 116 Å².